The van der Waals surface area contributed by atoms with E-state index < -0.39 is 0 Å². The molecule has 0 spiro atoms. The molecule has 2 atom stereocenters. The van der Waals surface area contributed by atoms with Gasteiger partial charge in [-0.05, 0) is 48.9 Å². The van der Waals surface area contributed by atoms with Gasteiger partial charge in [-0.15, -0.1) is 0 Å². The van der Waals surface area contributed by atoms with E-state index in [1.165, 1.54) is 17.7 Å². The second-order valence-electron chi connectivity index (χ2n) is 8.11. The molecular weight excluding hydrogens is 393 g/mol. The van der Waals surface area contributed by atoms with E-state index in [0.717, 1.165) is 24.8 Å². The zero-order chi connectivity index (χ0) is 22.1. The molecule has 0 aliphatic carbocycles. The lowest BCUT2D eigenvalue weighted by Crippen LogP contribution is -2.50. The van der Waals surface area contributed by atoms with Crippen molar-refractivity contribution in [3.8, 4) is 0 Å². The molecule has 3 amide bonds. The van der Waals surface area contributed by atoms with Crippen LogP contribution in [0.15, 0.2) is 54.6 Å². The first-order chi connectivity index (χ1) is 15.1. The van der Waals surface area contributed by atoms with Gasteiger partial charge in [0.1, 0.15) is 5.82 Å². The van der Waals surface area contributed by atoms with Gasteiger partial charge in [0.15, 0.2) is 0 Å². The SMILES string of the molecule is CCCCNC(=O)N1C[C@H](C(=O)NCCc2ccccc2)CC[C@@H]1c1ccc(F)cc1. The minimum absolute atomic E-state index is 0.0140. The molecule has 2 N–H and O–H groups in total. The molecule has 0 bridgehead atoms. The van der Waals surface area contributed by atoms with Crippen LogP contribution < -0.4 is 10.6 Å². The Bertz CT molecular complexity index is 842. The molecule has 2 aromatic rings. The second-order valence-corrected chi connectivity index (χ2v) is 8.11. The Kier molecular flexibility index (Phi) is 8.44. The number of piperidine rings is 1. The van der Waals surface area contributed by atoms with Crippen molar-refractivity contribution in [1.82, 2.24) is 15.5 Å². The minimum Gasteiger partial charge on any atom is -0.355 e. The summed E-state index contributed by atoms with van der Waals surface area (Å²) in [5.74, 6) is -0.557. The van der Waals surface area contributed by atoms with Crippen LogP contribution in [0.25, 0.3) is 0 Å². The van der Waals surface area contributed by atoms with Crippen LogP contribution in [0.5, 0.6) is 0 Å². The molecule has 1 aliphatic heterocycles. The summed E-state index contributed by atoms with van der Waals surface area (Å²) >= 11 is 0. The lowest BCUT2D eigenvalue weighted by molar-refractivity contribution is -0.126. The normalized spacial score (nSPS) is 18.5. The van der Waals surface area contributed by atoms with Crippen molar-refractivity contribution < 1.29 is 14.0 Å². The third-order valence-electron chi connectivity index (χ3n) is 5.83. The Morgan fingerprint density at radius 2 is 1.74 bits per heavy atom. The summed E-state index contributed by atoms with van der Waals surface area (Å²) in [5.41, 5.74) is 2.08. The van der Waals surface area contributed by atoms with Crippen molar-refractivity contribution in [1.29, 1.82) is 0 Å². The smallest absolute Gasteiger partial charge is 0.317 e. The van der Waals surface area contributed by atoms with E-state index >= 15 is 0 Å². The maximum atomic E-state index is 13.4. The summed E-state index contributed by atoms with van der Waals surface area (Å²) in [7, 11) is 0. The Hall–Kier alpha value is -2.89. The van der Waals surface area contributed by atoms with Crippen LogP contribution in [0.2, 0.25) is 0 Å². The number of carbonyl (C=O) groups excluding carboxylic acids is 2. The summed E-state index contributed by atoms with van der Waals surface area (Å²) in [6.45, 7) is 3.61. The number of carbonyl (C=O) groups is 2. The molecule has 2 aromatic carbocycles. The van der Waals surface area contributed by atoms with Crippen LogP contribution >= 0.6 is 0 Å². The molecule has 0 saturated carbocycles. The third kappa shape index (κ3) is 6.54. The third-order valence-corrected chi connectivity index (χ3v) is 5.83. The van der Waals surface area contributed by atoms with Gasteiger partial charge >= 0.3 is 6.03 Å². The highest BCUT2D eigenvalue weighted by Gasteiger charge is 2.35. The summed E-state index contributed by atoms with van der Waals surface area (Å²) in [6, 6.07) is 16.0. The molecule has 5 nitrogen and oxygen atoms in total. The van der Waals surface area contributed by atoms with Crippen LogP contribution in [0.3, 0.4) is 0 Å². The van der Waals surface area contributed by atoms with Crippen molar-refractivity contribution in [3.63, 3.8) is 0 Å². The van der Waals surface area contributed by atoms with Gasteiger partial charge in [0.2, 0.25) is 5.91 Å². The number of benzene rings is 2. The van der Waals surface area contributed by atoms with Gasteiger partial charge in [0, 0.05) is 19.6 Å². The minimum atomic E-state index is -0.297. The Morgan fingerprint density at radius 3 is 2.45 bits per heavy atom. The van der Waals surface area contributed by atoms with E-state index in [-0.39, 0.29) is 29.7 Å². The van der Waals surface area contributed by atoms with E-state index in [1.54, 1.807) is 17.0 Å². The highest BCUT2D eigenvalue weighted by molar-refractivity contribution is 5.81. The number of hydrogen-bond donors (Lipinski definition) is 2. The lowest BCUT2D eigenvalue weighted by Gasteiger charge is -2.39. The van der Waals surface area contributed by atoms with E-state index in [9.17, 15) is 14.0 Å². The van der Waals surface area contributed by atoms with Crippen molar-refractivity contribution in [2.75, 3.05) is 19.6 Å². The number of hydrogen-bond acceptors (Lipinski definition) is 2. The van der Waals surface area contributed by atoms with E-state index in [1.807, 2.05) is 30.3 Å². The number of unbranched alkanes of at least 4 members (excludes halogenated alkanes) is 1. The van der Waals surface area contributed by atoms with Crippen molar-refractivity contribution >= 4 is 11.9 Å². The Balaban J connectivity index is 1.62. The van der Waals surface area contributed by atoms with Crippen LogP contribution in [-0.4, -0.2) is 36.5 Å². The molecule has 166 valence electrons. The first-order valence-corrected chi connectivity index (χ1v) is 11.2. The summed E-state index contributed by atoms with van der Waals surface area (Å²) in [5, 5.41) is 6.00. The van der Waals surface area contributed by atoms with Crippen LogP contribution in [0, 0.1) is 11.7 Å². The van der Waals surface area contributed by atoms with Gasteiger partial charge in [0.05, 0.1) is 12.0 Å². The average molecular weight is 426 g/mol. The molecule has 0 unspecified atom stereocenters. The highest BCUT2D eigenvalue weighted by Crippen LogP contribution is 2.33. The Morgan fingerprint density at radius 1 is 1.00 bits per heavy atom. The second kappa shape index (κ2) is 11.5. The molecule has 3 rings (SSSR count). The van der Waals surface area contributed by atoms with Gasteiger partial charge in [-0.3, -0.25) is 4.79 Å². The summed E-state index contributed by atoms with van der Waals surface area (Å²) in [6.07, 6.45) is 4.04. The molecule has 1 saturated heterocycles. The van der Waals surface area contributed by atoms with Gasteiger partial charge in [-0.25, -0.2) is 9.18 Å². The maximum Gasteiger partial charge on any atom is 0.317 e. The molecular formula is C25H32FN3O2. The molecule has 0 aromatic heterocycles. The molecule has 1 heterocycles. The number of likely N-dealkylation sites (tertiary alicyclic amines) is 1. The predicted octanol–water partition coefficient (Wildman–Crippen LogP) is 4.45. The molecule has 0 radical (unpaired) electrons. The van der Waals surface area contributed by atoms with Crippen molar-refractivity contribution in [2.45, 2.75) is 45.1 Å². The van der Waals surface area contributed by atoms with Crippen molar-refractivity contribution in [2.24, 2.45) is 5.92 Å². The van der Waals surface area contributed by atoms with E-state index in [4.69, 9.17) is 0 Å². The zero-order valence-corrected chi connectivity index (χ0v) is 18.1. The van der Waals surface area contributed by atoms with Gasteiger partial charge < -0.3 is 15.5 Å². The lowest BCUT2D eigenvalue weighted by atomic mass is 9.88. The standard InChI is InChI=1S/C25H32FN3O2/c1-2-3-16-28-25(31)29-18-21(11-14-23(29)20-9-12-22(26)13-10-20)24(30)27-17-15-19-7-5-4-6-8-19/h4-10,12-13,21,23H,2-3,11,14-18H2,1H3,(H,27,30)(H,28,31)/t21-,23-/m1/s1. The molecule has 6 heteroatoms. The molecule has 1 aliphatic rings. The monoisotopic (exact) mass is 425 g/mol. The zero-order valence-electron chi connectivity index (χ0n) is 18.1. The Labute approximate surface area is 184 Å². The fourth-order valence-corrected chi connectivity index (χ4v) is 4.03. The molecule has 31 heavy (non-hydrogen) atoms. The van der Waals surface area contributed by atoms with E-state index in [2.05, 4.69) is 17.6 Å². The fourth-order valence-electron chi connectivity index (χ4n) is 4.03. The highest BCUT2D eigenvalue weighted by atomic mass is 19.1. The number of halogens is 1. The average Bonchev–Trinajstić information content (AvgIpc) is 2.80. The summed E-state index contributed by atoms with van der Waals surface area (Å²) < 4.78 is 13.4. The van der Waals surface area contributed by atoms with Crippen LogP contribution in [0.1, 0.15) is 49.8 Å². The summed E-state index contributed by atoms with van der Waals surface area (Å²) in [4.78, 5) is 27.4. The largest absolute Gasteiger partial charge is 0.355 e. The van der Waals surface area contributed by atoms with E-state index in [0.29, 0.717) is 32.5 Å². The number of rotatable bonds is 8. The van der Waals surface area contributed by atoms with Crippen LogP contribution in [-0.2, 0) is 11.2 Å². The first kappa shape index (κ1) is 22.8. The quantitative estimate of drug-likeness (QED) is 0.614. The van der Waals surface area contributed by atoms with Crippen LogP contribution in [0.4, 0.5) is 9.18 Å². The number of nitrogens with one attached hydrogen (secondary N) is 2. The topological polar surface area (TPSA) is 61.4 Å². The van der Waals surface area contributed by atoms with Gasteiger partial charge in [-0.2, -0.15) is 0 Å². The number of urea groups is 1. The van der Waals surface area contributed by atoms with Gasteiger partial charge in [0.25, 0.3) is 0 Å². The number of nitrogens with zero attached hydrogens (tertiary/aromatic N) is 1. The fraction of sp³-hybridized carbons (Fsp3) is 0.440. The number of amides is 3. The molecule has 1 fully saturated rings. The van der Waals surface area contributed by atoms with Gasteiger partial charge in [-0.1, -0.05) is 55.8 Å². The van der Waals surface area contributed by atoms with Crippen molar-refractivity contribution in [3.05, 3.63) is 71.5 Å². The predicted molar refractivity (Wildman–Crippen MR) is 120 cm³/mol. The maximum absolute atomic E-state index is 13.4. The first-order valence-electron chi connectivity index (χ1n) is 11.2.